The first-order valence-corrected chi connectivity index (χ1v) is 8.06. The highest BCUT2D eigenvalue weighted by atomic mass is 16.2. The summed E-state index contributed by atoms with van der Waals surface area (Å²) in [6.07, 6.45) is 7.23. The minimum atomic E-state index is -0.554. The van der Waals surface area contributed by atoms with Crippen LogP contribution in [0.5, 0.6) is 0 Å². The van der Waals surface area contributed by atoms with Crippen LogP contribution in [0.3, 0.4) is 0 Å². The molecule has 20 heavy (non-hydrogen) atoms. The van der Waals surface area contributed by atoms with E-state index in [9.17, 15) is 9.59 Å². The molecule has 5 heteroatoms. The Morgan fingerprint density at radius 2 is 1.80 bits per heavy atom. The number of carbonyl (C=O) groups is 2. The number of rotatable bonds is 1. The molecule has 1 saturated carbocycles. The smallest absolute Gasteiger partial charge is 0.249 e. The molecule has 3 aliphatic heterocycles. The van der Waals surface area contributed by atoms with Crippen LogP contribution >= 0.6 is 0 Å². The van der Waals surface area contributed by atoms with Gasteiger partial charge >= 0.3 is 0 Å². The average Bonchev–Trinajstić information content (AvgIpc) is 3.10. The molecule has 5 nitrogen and oxygen atoms in total. The van der Waals surface area contributed by atoms with Crippen molar-refractivity contribution >= 4 is 11.8 Å². The number of fused-ring (bicyclic) bond motifs is 1. The molecule has 0 bridgehead atoms. The molecule has 2 atom stereocenters. The van der Waals surface area contributed by atoms with E-state index in [1.807, 2.05) is 4.90 Å². The molecule has 2 unspecified atom stereocenters. The first-order chi connectivity index (χ1) is 9.70. The maximum atomic E-state index is 13.0. The summed E-state index contributed by atoms with van der Waals surface area (Å²) in [7, 11) is 0. The monoisotopic (exact) mass is 277 g/mol. The number of nitrogens with one attached hydrogen (secondary N) is 1. The van der Waals surface area contributed by atoms with E-state index in [0.29, 0.717) is 6.04 Å². The molecule has 0 aromatic rings. The van der Waals surface area contributed by atoms with Crippen molar-refractivity contribution < 1.29 is 9.59 Å². The van der Waals surface area contributed by atoms with Crippen molar-refractivity contribution in [3.63, 3.8) is 0 Å². The number of hydrogen-bond acceptors (Lipinski definition) is 3. The van der Waals surface area contributed by atoms with Crippen LogP contribution in [0.15, 0.2) is 0 Å². The number of hydrogen-bond donors (Lipinski definition) is 1. The lowest BCUT2D eigenvalue weighted by Crippen LogP contribution is -2.68. The molecular formula is C15H23N3O2. The van der Waals surface area contributed by atoms with Crippen molar-refractivity contribution in [3.05, 3.63) is 0 Å². The number of amides is 2. The summed E-state index contributed by atoms with van der Waals surface area (Å²) in [6.45, 7) is 2.53. The van der Waals surface area contributed by atoms with Gasteiger partial charge in [0, 0.05) is 18.6 Å². The van der Waals surface area contributed by atoms with E-state index in [1.54, 1.807) is 0 Å². The molecule has 110 valence electrons. The highest BCUT2D eigenvalue weighted by molar-refractivity contribution is 5.98. The van der Waals surface area contributed by atoms with Crippen LogP contribution in [0, 0.1) is 0 Å². The zero-order valence-corrected chi connectivity index (χ0v) is 11.9. The maximum Gasteiger partial charge on any atom is 0.249 e. The van der Waals surface area contributed by atoms with Gasteiger partial charge in [0.1, 0.15) is 5.54 Å². The molecule has 2 amide bonds. The van der Waals surface area contributed by atoms with Gasteiger partial charge in [-0.05, 0) is 38.6 Å². The van der Waals surface area contributed by atoms with Crippen molar-refractivity contribution in [1.29, 1.82) is 0 Å². The molecule has 4 aliphatic rings. The Kier molecular flexibility index (Phi) is 2.81. The molecule has 1 aliphatic carbocycles. The summed E-state index contributed by atoms with van der Waals surface area (Å²) in [5.41, 5.74) is -0.554. The standard InChI is InChI=1S/C15H23N3O2/c19-13-10-18(12-5-9-17-8-3-4-11(12)17)14(20)15(16-13)6-1-2-7-15/h11-12H,1-10H2,(H,16,19). The lowest BCUT2D eigenvalue weighted by molar-refractivity contribution is -0.152. The van der Waals surface area contributed by atoms with Crippen LogP contribution in [0.1, 0.15) is 44.9 Å². The molecule has 4 rings (SSSR count). The van der Waals surface area contributed by atoms with Gasteiger partial charge in [0.2, 0.25) is 11.8 Å². The molecule has 4 fully saturated rings. The zero-order chi connectivity index (χ0) is 13.7. The molecule has 0 radical (unpaired) electrons. The Bertz CT molecular complexity index is 444. The summed E-state index contributed by atoms with van der Waals surface area (Å²) in [5.74, 6) is 0.247. The number of piperazine rings is 1. The van der Waals surface area contributed by atoms with Gasteiger partial charge < -0.3 is 10.2 Å². The summed E-state index contributed by atoms with van der Waals surface area (Å²) in [4.78, 5) is 29.5. The average molecular weight is 277 g/mol. The molecule has 1 spiro atoms. The van der Waals surface area contributed by atoms with Crippen LogP contribution in [0.2, 0.25) is 0 Å². The molecule has 1 N–H and O–H groups in total. The fourth-order valence-electron chi connectivity index (χ4n) is 4.87. The third kappa shape index (κ3) is 1.72. The Hall–Kier alpha value is -1.10. The fourth-order valence-corrected chi connectivity index (χ4v) is 4.87. The quantitative estimate of drug-likeness (QED) is 0.759. The van der Waals surface area contributed by atoms with Gasteiger partial charge in [0.25, 0.3) is 0 Å². The largest absolute Gasteiger partial charge is 0.340 e. The topological polar surface area (TPSA) is 52.7 Å². The van der Waals surface area contributed by atoms with Crippen molar-refractivity contribution in [2.24, 2.45) is 0 Å². The molecular weight excluding hydrogens is 254 g/mol. The van der Waals surface area contributed by atoms with Gasteiger partial charge in [-0.2, -0.15) is 0 Å². The van der Waals surface area contributed by atoms with Crippen LogP contribution in [0.4, 0.5) is 0 Å². The Morgan fingerprint density at radius 3 is 2.60 bits per heavy atom. The molecule has 3 saturated heterocycles. The van der Waals surface area contributed by atoms with Crippen molar-refractivity contribution in [3.8, 4) is 0 Å². The normalized spacial score (nSPS) is 36.7. The van der Waals surface area contributed by atoms with Crippen molar-refractivity contribution in [1.82, 2.24) is 15.1 Å². The predicted octanol–water partition coefficient (Wildman–Crippen LogP) is 0.494. The van der Waals surface area contributed by atoms with Gasteiger partial charge in [-0.3, -0.25) is 14.5 Å². The molecule has 0 aromatic heterocycles. The van der Waals surface area contributed by atoms with Crippen LogP contribution in [-0.2, 0) is 9.59 Å². The van der Waals surface area contributed by atoms with Gasteiger partial charge in [0.15, 0.2) is 0 Å². The first-order valence-electron chi connectivity index (χ1n) is 8.06. The van der Waals surface area contributed by atoms with Crippen LogP contribution < -0.4 is 5.32 Å². The lowest BCUT2D eigenvalue weighted by Gasteiger charge is -2.43. The maximum absolute atomic E-state index is 13.0. The van der Waals surface area contributed by atoms with Crippen LogP contribution in [-0.4, -0.2) is 58.9 Å². The molecule has 3 heterocycles. The second kappa shape index (κ2) is 4.45. The van der Waals surface area contributed by atoms with E-state index in [4.69, 9.17) is 0 Å². The van der Waals surface area contributed by atoms with Gasteiger partial charge in [-0.15, -0.1) is 0 Å². The van der Waals surface area contributed by atoms with E-state index >= 15 is 0 Å². The number of nitrogens with zero attached hydrogens (tertiary/aromatic N) is 2. The summed E-state index contributed by atoms with van der Waals surface area (Å²) < 4.78 is 0. The lowest BCUT2D eigenvalue weighted by atomic mass is 9.91. The van der Waals surface area contributed by atoms with E-state index in [2.05, 4.69) is 10.2 Å². The fraction of sp³-hybridized carbons (Fsp3) is 0.867. The Morgan fingerprint density at radius 1 is 1.00 bits per heavy atom. The van der Waals surface area contributed by atoms with Gasteiger partial charge in [0.05, 0.1) is 6.54 Å². The van der Waals surface area contributed by atoms with Gasteiger partial charge in [-0.1, -0.05) is 12.8 Å². The second-order valence-electron chi connectivity index (χ2n) is 6.87. The third-order valence-corrected chi connectivity index (χ3v) is 5.79. The van der Waals surface area contributed by atoms with E-state index < -0.39 is 5.54 Å². The molecule has 0 aromatic carbocycles. The van der Waals surface area contributed by atoms with E-state index in [-0.39, 0.29) is 24.4 Å². The Balaban J connectivity index is 1.60. The summed E-state index contributed by atoms with van der Waals surface area (Å²) in [6, 6.07) is 0.775. The predicted molar refractivity (Wildman–Crippen MR) is 74.1 cm³/mol. The van der Waals surface area contributed by atoms with Crippen molar-refractivity contribution in [2.75, 3.05) is 19.6 Å². The van der Waals surface area contributed by atoms with Crippen molar-refractivity contribution in [2.45, 2.75) is 62.6 Å². The minimum Gasteiger partial charge on any atom is -0.340 e. The van der Waals surface area contributed by atoms with Crippen LogP contribution in [0.25, 0.3) is 0 Å². The summed E-state index contributed by atoms with van der Waals surface area (Å²) >= 11 is 0. The first kappa shape index (κ1) is 12.6. The third-order valence-electron chi connectivity index (χ3n) is 5.79. The van der Waals surface area contributed by atoms with E-state index in [0.717, 1.165) is 38.6 Å². The van der Waals surface area contributed by atoms with Gasteiger partial charge in [-0.25, -0.2) is 0 Å². The highest BCUT2D eigenvalue weighted by Gasteiger charge is 2.52. The second-order valence-corrected chi connectivity index (χ2v) is 6.87. The summed E-state index contributed by atoms with van der Waals surface area (Å²) in [5, 5.41) is 3.01. The Labute approximate surface area is 119 Å². The zero-order valence-electron chi connectivity index (χ0n) is 11.9. The SMILES string of the molecule is O=C1CN(C2CCN3CCCC23)C(=O)C2(CCCC2)N1. The van der Waals surface area contributed by atoms with E-state index in [1.165, 1.54) is 19.4 Å². The number of carbonyl (C=O) groups excluding carboxylic acids is 2. The minimum absolute atomic E-state index is 0.0444. The highest BCUT2D eigenvalue weighted by Crippen LogP contribution is 2.37.